The topological polar surface area (TPSA) is 74.2 Å². The van der Waals surface area contributed by atoms with Crippen molar-refractivity contribution in [1.82, 2.24) is 10.1 Å². The summed E-state index contributed by atoms with van der Waals surface area (Å²) in [6.07, 6.45) is -2.05. The van der Waals surface area contributed by atoms with Crippen LogP contribution in [-0.2, 0) is 11.2 Å². The summed E-state index contributed by atoms with van der Waals surface area (Å²) in [6, 6.07) is -0.237. The summed E-state index contributed by atoms with van der Waals surface area (Å²) in [5.41, 5.74) is 5.86. The van der Waals surface area contributed by atoms with Gasteiger partial charge in [-0.15, -0.1) is 0 Å². The van der Waals surface area contributed by atoms with Gasteiger partial charge < -0.3 is 15.0 Å². The summed E-state index contributed by atoms with van der Waals surface area (Å²) in [4.78, 5) is 4.04. The van der Waals surface area contributed by atoms with E-state index in [1.807, 2.05) is 0 Å². The van der Waals surface area contributed by atoms with E-state index in [1.165, 1.54) is 0 Å². The highest BCUT2D eigenvalue weighted by Gasteiger charge is 2.32. The van der Waals surface area contributed by atoms with Crippen LogP contribution in [0.1, 0.15) is 30.6 Å². The van der Waals surface area contributed by atoms with Crippen LogP contribution in [0.5, 0.6) is 0 Å². The molecule has 1 aliphatic rings. The van der Waals surface area contributed by atoms with Crippen LogP contribution in [0.2, 0.25) is 0 Å². The predicted octanol–water partition coefficient (Wildman–Crippen LogP) is 1.60. The van der Waals surface area contributed by atoms with Crippen LogP contribution in [0, 0.1) is 5.92 Å². The lowest BCUT2D eigenvalue weighted by Gasteiger charge is -2.05. The van der Waals surface area contributed by atoms with Crippen molar-refractivity contribution in [2.24, 2.45) is 11.7 Å². The molecule has 0 bridgehead atoms. The van der Waals surface area contributed by atoms with E-state index < -0.39 is 12.8 Å². The van der Waals surface area contributed by atoms with E-state index in [2.05, 4.69) is 14.9 Å². The molecule has 1 saturated carbocycles. The molecule has 1 aromatic rings. The standard InChI is InChI=1S/C10H14F3N3O2/c11-10(12,13)5-17-4-3-7-15-9(16-18-7)8(14)6-1-2-6/h6,8H,1-5,14H2. The molecule has 8 heteroatoms. The zero-order chi connectivity index (χ0) is 13.2. The van der Waals surface area contributed by atoms with Crippen molar-refractivity contribution in [3.05, 3.63) is 11.7 Å². The lowest BCUT2D eigenvalue weighted by Crippen LogP contribution is -2.18. The van der Waals surface area contributed by atoms with Gasteiger partial charge in [0.05, 0.1) is 19.1 Å². The third-order valence-corrected chi connectivity index (χ3v) is 2.64. The molecule has 102 valence electrons. The van der Waals surface area contributed by atoms with Crippen molar-refractivity contribution in [2.75, 3.05) is 13.2 Å². The highest BCUT2D eigenvalue weighted by Crippen LogP contribution is 2.38. The van der Waals surface area contributed by atoms with E-state index in [9.17, 15) is 13.2 Å². The first-order valence-corrected chi connectivity index (χ1v) is 5.68. The minimum absolute atomic E-state index is 0.111. The minimum Gasteiger partial charge on any atom is -0.372 e. The van der Waals surface area contributed by atoms with Crippen molar-refractivity contribution < 1.29 is 22.4 Å². The number of nitrogens with zero attached hydrogens (tertiary/aromatic N) is 2. The third-order valence-electron chi connectivity index (χ3n) is 2.64. The van der Waals surface area contributed by atoms with E-state index in [0.29, 0.717) is 11.7 Å². The second-order valence-electron chi connectivity index (χ2n) is 4.33. The molecule has 1 heterocycles. The number of alkyl halides is 3. The molecular weight excluding hydrogens is 251 g/mol. The average molecular weight is 265 g/mol. The summed E-state index contributed by atoms with van der Waals surface area (Å²) in [5.74, 6) is 1.07. The lowest BCUT2D eigenvalue weighted by molar-refractivity contribution is -0.173. The monoisotopic (exact) mass is 265 g/mol. The fraction of sp³-hybridized carbons (Fsp3) is 0.800. The molecule has 0 saturated heterocycles. The largest absolute Gasteiger partial charge is 0.411 e. The quantitative estimate of drug-likeness (QED) is 0.791. The molecule has 2 N–H and O–H groups in total. The SMILES string of the molecule is NC(c1noc(CCOCC(F)(F)F)n1)C1CC1. The first kappa shape index (κ1) is 13.3. The lowest BCUT2D eigenvalue weighted by atomic mass is 10.2. The van der Waals surface area contributed by atoms with Gasteiger partial charge in [0.25, 0.3) is 0 Å². The van der Waals surface area contributed by atoms with Crippen LogP contribution >= 0.6 is 0 Å². The van der Waals surface area contributed by atoms with Crippen molar-refractivity contribution in [1.29, 1.82) is 0 Å². The van der Waals surface area contributed by atoms with Crippen molar-refractivity contribution >= 4 is 0 Å². The number of rotatable bonds is 6. The normalized spacial score (nSPS) is 18.0. The number of ether oxygens (including phenoxy) is 1. The molecule has 5 nitrogen and oxygen atoms in total. The molecular formula is C10H14F3N3O2. The molecule has 2 rings (SSSR count). The number of hydrogen-bond donors (Lipinski definition) is 1. The first-order valence-electron chi connectivity index (χ1n) is 5.68. The number of hydrogen-bond acceptors (Lipinski definition) is 5. The van der Waals surface area contributed by atoms with E-state index >= 15 is 0 Å². The molecule has 1 atom stereocenters. The predicted molar refractivity (Wildman–Crippen MR) is 54.5 cm³/mol. The van der Waals surface area contributed by atoms with Crippen LogP contribution < -0.4 is 5.73 Å². The Morgan fingerprint density at radius 2 is 2.17 bits per heavy atom. The van der Waals surface area contributed by atoms with Crippen LogP contribution in [0.4, 0.5) is 13.2 Å². The summed E-state index contributed by atoms with van der Waals surface area (Å²) >= 11 is 0. The Labute approximate surface area is 101 Å². The van der Waals surface area contributed by atoms with E-state index in [1.54, 1.807) is 0 Å². The van der Waals surface area contributed by atoms with Gasteiger partial charge in [0.1, 0.15) is 6.61 Å². The zero-order valence-electron chi connectivity index (χ0n) is 9.61. The molecule has 1 aromatic heterocycles. The summed E-state index contributed by atoms with van der Waals surface area (Å²) in [6.45, 7) is -1.38. The zero-order valence-corrected chi connectivity index (χ0v) is 9.61. The second-order valence-corrected chi connectivity index (χ2v) is 4.33. The maximum Gasteiger partial charge on any atom is 0.411 e. The van der Waals surface area contributed by atoms with Gasteiger partial charge in [-0.05, 0) is 18.8 Å². The summed E-state index contributed by atoms with van der Waals surface area (Å²) < 4.78 is 44.7. The van der Waals surface area contributed by atoms with Gasteiger partial charge in [0.2, 0.25) is 5.89 Å². The van der Waals surface area contributed by atoms with Crippen LogP contribution in [0.3, 0.4) is 0 Å². The van der Waals surface area contributed by atoms with Crippen molar-refractivity contribution in [3.63, 3.8) is 0 Å². The van der Waals surface area contributed by atoms with Gasteiger partial charge in [-0.3, -0.25) is 0 Å². The second kappa shape index (κ2) is 5.23. The Balaban J connectivity index is 1.73. The molecule has 1 unspecified atom stereocenters. The van der Waals surface area contributed by atoms with E-state index in [4.69, 9.17) is 10.3 Å². The van der Waals surface area contributed by atoms with Crippen LogP contribution in [-0.4, -0.2) is 29.5 Å². The summed E-state index contributed by atoms with van der Waals surface area (Å²) in [5, 5.41) is 3.72. The molecule has 0 spiro atoms. The average Bonchev–Trinajstić information content (AvgIpc) is 3.02. The maximum atomic E-state index is 11.8. The van der Waals surface area contributed by atoms with Gasteiger partial charge in [0.15, 0.2) is 5.82 Å². The summed E-state index contributed by atoms with van der Waals surface area (Å²) in [7, 11) is 0. The molecule has 1 aliphatic carbocycles. The number of halogens is 3. The Kier molecular flexibility index (Phi) is 3.86. The highest BCUT2D eigenvalue weighted by molar-refractivity contribution is 4.99. The van der Waals surface area contributed by atoms with Crippen molar-refractivity contribution in [2.45, 2.75) is 31.5 Å². The molecule has 0 amide bonds. The minimum atomic E-state index is -4.31. The van der Waals surface area contributed by atoms with Crippen LogP contribution in [0.25, 0.3) is 0 Å². The Morgan fingerprint density at radius 1 is 1.44 bits per heavy atom. The van der Waals surface area contributed by atoms with E-state index in [0.717, 1.165) is 12.8 Å². The Morgan fingerprint density at radius 3 is 2.78 bits per heavy atom. The molecule has 0 aromatic carbocycles. The van der Waals surface area contributed by atoms with Gasteiger partial charge in [-0.2, -0.15) is 18.2 Å². The number of nitrogens with two attached hydrogens (primary N) is 1. The molecule has 0 radical (unpaired) electrons. The number of aromatic nitrogens is 2. The molecule has 1 fully saturated rings. The molecule has 0 aliphatic heterocycles. The van der Waals surface area contributed by atoms with Gasteiger partial charge >= 0.3 is 6.18 Å². The molecule has 18 heavy (non-hydrogen) atoms. The third kappa shape index (κ3) is 3.95. The Bertz CT molecular complexity index is 390. The smallest absolute Gasteiger partial charge is 0.372 e. The fourth-order valence-corrected chi connectivity index (χ4v) is 1.52. The van der Waals surface area contributed by atoms with Gasteiger partial charge in [-0.25, -0.2) is 0 Å². The fourth-order valence-electron chi connectivity index (χ4n) is 1.52. The maximum absolute atomic E-state index is 11.8. The Hall–Kier alpha value is -1.15. The van der Waals surface area contributed by atoms with Crippen LogP contribution in [0.15, 0.2) is 4.52 Å². The van der Waals surface area contributed by atoms with Gasteiger partial charge in [0, 0.05) is 0 Å². The first-order chi connectivity index (χ1) is 8.46. The van der Waals surface area contributed by atoms with Crippen molar-refractivity contribution in [3.8, 4) is 0 Å². The van der Waals surface area contributed by atoms with E-state index in [-0.39, 0.29) is 25.0 Å². The highest BCUT2D eigenvalue weighted by atomic mass is 19.4. The van der Waals surface area contributed by atoms with Gasteiger partial charge in [-0.1, -0.05) is 5.16 Å².